The van der Waals surface area contributed by atoms with Gasteiger partial charge in [-0.2, -0.15) is 0 Å². The lowest BCUT2D eigenvalue weighted by Gasteiger charge is -2.36. The fraction of sp³-hybridized carbons (Fsp3) is 0.667. The lowest BCUT2D eigenvalue weighted by atomic mass is 11.3. The highest BCUT2D eigenvalue weighted by atomic mass is 35.6. The highest BCUT2D eigenvalue weighted by Gasteiger charge is 2.37. The largest absolute Gasteiger partial charge is 0.321 e. The van der Waals surface area contributed by atoms with E-state index in [9.17, 15) is 0 Å². The molecule has 0 spiro atoms. The fourth-order valence-corrected chi connectivity index (χ4v) is 9.23. The second kappa shape index (κ2) is 3.62. The zero-order chi connectivity index (χ0) is 9.28. The molecule has 0 N–H and O–H groups in total. The molecular weight excluding hydrogens is 213 g/mol. The maximum Gasteiger partial charge on any atom is 0.243 e. The Morgan fingerprint density at radius 3 is 1.73 bits per heavy atom. The third kappa shape index (κ3) is 3.29. The number of nitrogens with zero attached hydrogens (tertiary/aromatic N) is 1. The first-order valence-corrected chi connectivity index (χ1v) is 11.0. The molecule has 0 amide bonds. The van der Waals surface area contributed by atoms with E-state index in [1.165, 1.54) is 0 Å². The SMILES string of the molecule is C=C[Si](C)(Cl)N(C)[Si](C)(C)Cl. The Morgan fingerprint density at radius 2 is 1.64 bits per heavy atom. The van der Waals surface area contributed by atoms with Gasteiger partial charge >= 0.3 is 0 Å². The summed E-state index contributed by atoms with van der Waals surface area (Å²) in [5, 5.41) is 0. The van der Waals surface area contributed by atoms with Gasteiger partial charge in [0.1, 0.15) is 0 Å². The minimum atomic E-state index is -1.92. The molecular formula is C6H15Cl2NSi2. The molecule has 0 aliphatic rings. The maximum absolute atomic E-state index is 6.25. The van der Waals surface area contributed by atoms with Gasteiger partial charge in [0.2, 0.25) is 15.1 Å². The molecule has 0 saturated carbocycles. The van der Waals surface area contributed by atoms with Crippen LogP contribution in [0.15, 0.2) is 12.3 Å². The highest BCUT2D eigenvalue weighted by Crippen LogP contribution is 2.23. The van der Waals surface area contributed by atoms with Gasteiger partial charge in [0, 0.05) is 0 Å². The van der Waals surface area contributed by atoms with E-state index >= 15 is 0 Å². The van der Waals surface area contributed by atoms with Gasteiger partial charge in [0.15, 0.2) is 0 Å². The van der Waals surface area contributed by atoms with E-state index in [1.807, 2.05) is 19.3 Å². The van der Waals surface area contributed by atoms with Gasteiger partial charge in [-0.3, -0.25) is 0 Å². The van der Waals surface area contributed by atoms with Crippen molar-refractivity contribution < 1.29 is 0 Å². The second-order valence-corrected chi connectivity index (χ2v) is 15.3. The molecule has 0 aromatic heterocycles. The van der Waals surface area contributed by atoms with Crippen molar-refractivity contribution in [1.29, 1.82) is 0 Å². The summed E-state index contributed by atoms with van der Waals surface area (Å²) < 4.78 is 2.12. The van der Waals surface area contributed by atoms with Gasteiger partial charge in [-0.15, -0.1) is 28.7 Å². The van der Waals surface area contributed by atoms with Crippen LogP contribution in [0, 0.1) is 0 Å². The molecule has 11 heavy (non-hydrogen) atoms. The van der Waals surface area contributed by atoms with Crippen molar-refractivity contribution in [2.24, 2.45) is 0 Å². The van der Waals surface area contributed by atoms with Crippen LogP contribution >= 0.6 is 22.2 Å². The van der Waals surface area contributed by atoms with Crippen LogP contribution in [0.3, 0.4) is 0 Å². The van der Waals surface area contributed by atoms with Crippen molar-refractivity contribution in [3.8, 4) is 0 Å². The van der Waals surface area contributed by atoms with Crippen LogP contribution < -0.4 is 0 Å². The smallest absolute Gasteiger partial charge is 0.243 e. The number of halogens is 2. The van der Waals surface area contributed by atoms with E-state index < -0.39 is 15.1 Å². The molecule has 66 valence electrons. The van der Waals surface area contributed by atoms with E-state index in [2.05, 4.69) is 23.9 Å². The van der Waals surface area contributed by atoms with Gasteiger partial charge in [-0.05, 0) is 26.7 Å². The maximum atomic E-state index is 6.25. The molecule has 0 aromatic carbocycles. The molecule has 0 heterocycles. The van der Waals surface area contributed by atoms with Crippen LogP contribution in [0.2, 0.25) is 19.6 Å². The fourth-order valence-electron chi connectivity index (χ4n) is 0.657. The molecule has 0 aliphatic carbocycles. The zero-order valence-corrected chi connectivity index (χ0v) is 11.0. The van der Waals surface area contributed by atoms with Gasteiger partial charge in [-0.25, -0.2) is 0 Å². The number of hydrogen-bond acceptors (Lipinski definition) is 1. The Morgan fingerprint density at radius 1 is 1.27 bits per heavy atom. The summed E-state index contributed by atoms with van der Waals surface area (Å²) in [5.41, 5.74) is 1.84. The van der Waals surface area contributed by atoms with Crippen molar-refractivity contribution in [1.82, 2.24) is 4.23 Å². The van der Waals surface area contributed by atoms with Gasteiger partial charge < -0.3 is 4.23 Å². The van der Waals surface area contributed by atoms with Crippen LogP contribution in [0.25, 0.3) is 0 Å². The van der Waals surface area contributed by atoms with Gasteiger partial charge in [0.05, 0.1) is 0 Å². The average molecular weight is 228 g/mol. The van der Waals surface area contributed by atoms with Crippen LogP contribution in [0.1, 0.15) is 0 Å². The van der Waals surface area contributed by atoms with Crippen LogP contribution in [0.4, 0.5) is 0 Å². The predicted molar refractivity (Wildman–Crippen MR) is 58.8 cm³/mol. The molecule has 1 atom stereocenters. The summed E-state index contributed by atoms with van der Waals surface area (Å²) in [6.45, 7) is 9.87. The van der Waals surface area contributed by atoms with E-state index in [-0.39, 0.29) is 0 Å². The monoisotopic (exact) mass is 227 g/mol. The van der Waals surface area contributed by atoms with Crippen molar-refractivity contribution in [2.75, 3.05) is 7.05 Å². The third-order valence-electron chi connectivity index (χ3n) is 1.83. The van der Waals surface area contributed by atoms with Gasteiger partial charge in [0.25, 0.3) is 0 Å². The van der Waals surface area contributed by atoms with Crippen molar-refractivity contribution in [2.45, 2.75) is 19.6 Å². The second-order valence-electron chi connectivity index (χ2n) is 3.20. The third-order valence-corrected chi connectivity index (χ3v) is 11.4. The average Bonchev–Trinajstić information content (AvgIpc) is 1.84. The molecule has 0 radical (unpaired) electrons. The minimum absolute atomic E-state index is 1.75. The lowest BCUT2D eigenvalue weighted by Crippen LogP contribution is -2.54. The van der Waals surface area contributed by atoms with Crippen molar-refractivity contribution >= 4 is 37.2 Å². The van der Waals surface area contributed by atoms with Crippen molar-refractivity contribution in [3.05, 3.63) is 12.3 Å². The summed E-state index contributed by atoms with van der Waals surface area (Å²) in [6, 6.07) is 0. The van der Waals surface area contributed by atoms with E-state index in [0.717, 1.165) is 0 Å². The first kappa shape index (κ1) is 11.7. The van der Waals surface area contributed by atoms with E-state index in [1.54, 1.807) is 0 Å². The summed E-state index contributed by atoms with van der Waals surface area (Å²) >= 11 is 12.5. The summed E-state index contributed by atoms with van der Waals surface area (Å²) in [4.78, 5) is 0. The molecule has 0 aromatic rings. The Bertz CT molecular complexity index is 153. The molecule has 0 saturated heterocycles. The first-order chi connectivity index (χ1) is 4.72. The predicted octanol–water partition coefficient (Wildman–Crippen LogP) is 2.89. The van der Waals surface area contributed by atoms with E-state index in [0.29, 0.717) is 0 Å². The lowest BCUT2D eigenvalue weighted by molar-refractivity contribution is 0.798. The number of hydrogen-bond donors (Lipinski definition) is 0. The molecule has 0 aliphatic heterocycles. The van der Waals surface area contributed by atoms with Crippen LogP contribution in [-0.4, -0.2) is 26.4 Å². The molecule has 0 bridgehead atoms. The number of rotatable bonds is 3. The van der Waals surface area contributed by atoms with E-state index in [4.69, 9.17) is 22.2 Å². The zero-order valence-electron chi connectivity index (χ0n) is 7.49. The summed E-state index contributed by atoms with van der Waals surface area (Å²) in [6.07, 6.45) is 0. The first-order valence-electron chi connectivity index (χ1n) is 3.47. The van der Waals surface area contributed by atoms with Crippen LogP contribution in [-0.2, 0) is 0 Å². The highest BCUT2D eigenvalue weighted by molar-refractivity contribution is 7.30. The Hall–Kier alpha value is 0.714. The Balaban J connectivity index is 4.48. The molecule has 5 heteroatoms. The standard InChI is InChI=1S/C6H15Cl2NSi2/c1-6-11(5,8)9(2)10(3,4)7/h6H,1H2,2-5H3. The van der Waals surface area contributed by atoms with Crippen LogP contribution in [0.5, 0.6) is 0 Å². The normalized spacial score (nSPS) is 18.1. The Kier molecular flexibility index (Phi) is 3.85. The van der Waals surface area contributed by atoms with Gasteiger partial charge in [-0.1, -0.05) is 5.70 Å². The Labute approximate surface area is 80.6 Å². The molecule has 1 nitrogen and oxygen atoms in total. The topological polar surface area (TPSA) is 3.24 Å². The quantitative estimate of drug-likeness (QED) is 0.530. The van der Waals surface area contributed by atoms with Crippen molar-refractivity contribution in [3.63, 3.8) is 0 Å². The molecule has 1 unspecified atom stereocenters. The molecule has 0 rings (SSSR count). The minimum Gasteiger partial charge on any atom is -0.321 e. The molecule has 0 fully saturated rings. The summed E-state index contributed by atoms with van der Waals surface area (Å²) in [7, 11) is -1.68. The summed E-state index contributed by atoms with van der Waals surface area (Å²) in [5.74, 6) is 0.